The lowest BCUT2D eigenvalue weighted by molar-refractivity contribution is -0.137. The number of aliphatic hydroxyl groups excluding tert-OH is 1. The van der Waals surface area contributed by atoms with Crippen molar-refractivity contribution >= 4 is 21.8 Å². The number of amides is 1. The highest BCUT2D eigenvalue weighted by Crippen LogP contribution is 2.27. The van der Waals surface area contributed by atoms with E-state index in [0.29, 0.717) is 24.8 Å². The first-order valence-electron chi connectivity index (χ1n) is 7.41. The Hall–Kier alpha value is -1.07. The lowest BCUT2D eigenvalue weighted by Gasteiger charge is -2.37. The van der Waals surface area contributed by atoms with Crippen LogP contribution in [0.25, 0.3) is 0 Å². The van der Waals surface area contributed by atoms with Crippen molar-refractivity contribution in [1.82, 2.24) is 4.90 Å². The number of benzene rings is 1. The summed E-state index contributed by atoms with van der Waals surface area (Å²) in [4.78, 5) is 14.2. The maximum Gasteiger partial charge on any atom is 0.260 e. The first-order valence-corrected chi connectivity index (χ1v) is 8.20. The summed E-state index contributed by atoms with van der Waals surface area (Å²) < 4.78 is 6.49. The van der Waals surface area contributed by atoms with E-state index in [1.54, 1.807) is 0 Å². The molecule has 1 N–H and O–H groups in total. The van der Waals surface area contributed by atoms with Gasteiger partial charge < -0.3 is 14.7 Å². The highest BCUT2D eigenvalue weighted by molar-refractivity contribution is 9.10. The second-order valence-corrected chi connectivity index (χ2v) is 6.33. The van der Waals surface area contributed by atoms with Crippen molar-refractivity contribution in [1.29, 1.82) is 0 Å². The molecule has 1 saturated carbocycles. The first-order chi connectivity index (χ1) is 10.1. The van der Waals surface area contributed by atoms with E-state index >= 15 is 0 Å². The summed E-state index contributed by atoms with van der Waals surface area (Å²) in [5, 5.41) is 8.96. The van der Waals surface area contributed by atoms with Crippen LogP contribution in [0.2, 0.25) is 0 Å². The zero-order chi connectivity index (χ0) is 15.2. The molecule has 1 amide bonds. The highest BCUT2D eigenvalue weighted by Gasteiger charge is 2.28. The molecule has 1 aromatic carbocycles. The summed E-state index contributed by atoms with van der Waals surface area (Å²) in [7, 11) is 0. The van der Waals surface area contributed by atoms with Gasteiger partial charge in [-0.25, -0.2) is 0 Å². The van der Waals surface area contributed by atoms with Gasteiger partial charge in [0.1, 0.15) is 5.75 Å². The van der Waals surface area contributed by atoms with E-state index < -0.39 is 0 Å². The molecule has 1 aromatic rings. The average Bonchev–Trinajstić information content (AvgIpc) is 2.40. The third-order valence-electron chi connectivity index (χ3n) is 3.83. The Labute approximate surface area is 134 Å². The van der Waals surface area contributed by atoms with Gasteiger partial charge in [0.2, 0.25) is 0 Å². The Balaban J connectivity index is 1.91. The summed E-state index contributed by atoms with van der Waals surface area (Å²) in [6, 6.07) is 6.12. The largest absolute Gasteiger partial charge is 0.483 e. The Bertz CT molecular complexity index is 488. The van der Waals surface area contributed by atoms with Crippen molar-refractivity contribution < 1.29 is 14.6 Å². The zero-order valence-corrected chi connectivity index (χ0v) is 13.9. The van der Waals surface area contributed by atoms with E-state index in [0.717, 1.165) is 22.9 Å². The van der Waals surface area contributed by atoms with E-state index in [1.165, 1.54) is 6.42 Å². The first kappa shape index (κ1) is 16.3. The molecule has 0 spiro atoms. The van der Waals surface area contributed by atoms with Gasteiger partial charge >= 0.3 is 0 Å². The van der Waals surface area contributed by atoms with Crippen molar-refractivity contribution in [2.75, 3.05) is 19.8 Å². The predicted octanol–water partition coefficient (Wildman–Crippen LogP) is 2.90. The van der Waals surface area contributed by atoms with Crippen LogP contribution >= 0.6 is 15.9 Å². The number of nitrogens with zero attached hydrogens (tertiary/aromatic N) is 1. The molecule has 0 saturated heterocycles. The molecule has 1 fully saturated rings. The van der Waals surface area contributed by atoms with Crippen molar-refractivity contribution in [3.8, 4) is 5.75 Å². The maximum atomic E-state index is 12.3. The van der Waals surface area contributed by atoms with Crippen LogP contribution in [0, 0.1) is 6.92 Å². The number of hydrogen-bond donors (Lipinski definition) is 1. The third kappa shape index (κ3) is 4.45. The van der Waals surface area contributed by atoms with Gasteiger partial charge in [0.05, 0.1) is 4.47 Å². The van der Waals surface area contributed by atoms with Gasteiger partial charge in [0.15, 0.2) is 6.61 Å². The average molecular weight is 356 g/mol. The topological polar surface area (TPSA) is 49.8 Å². The van der Waals surface area contributed by atoms with Crippen molar-refractivity contribution in [3.05, 3.63) is 28.2 Å². The van der Waals surface area contributed by atoms with Crippen LogP contribution in [-0.4, -0.2) is 41.7 Å². The minimum atomic E-state index is 0.000579. The number of carbonyl (C=O) groups is 1. The van der Waals surface area contributed by atoms with Crippen LogP contribution in [0.15, 0.2) is 22.7 Å². The Morgan fingerprint density at radius 3 is 2.81 bits per heavy atom. The maximum absolute atomic E-state index is 12.3. The number of carbonyl (C=O) groups excluding carboxylic acids is 1. The lowest BCUT2D eigenvalue weighted by atomic mass is 9.91. The molecule has 1 aliphatic rings. The van der Waals surface area contributed by atoms with E-state index in [4.69, 9.17) is 9.84 Å². The van der Waals surface area contributed by atoms with Crippen LogP contribution in [0.5, 0.6) is 5.75 Å². The molecule has 0 heterocycles. The van der Waals surface area contributed by atoms with Crippen LogP contribution < -0.4 is 4.74 Å². The fourth-order valence-electron chi connectivity index (χ4n) is 2.40. The summed E-state index contributed by atoms with van der Waals surface area (Å²) in [5.74, 6) is 0.685. The van der Waals surface area contributed by atoms with Gasteiger partial charge in [-0.3, -0.25) is 4.79 Å². The molecule has 1 aliphatic carbocycles. The smallest absolute Gasteiger partial charge is 0.260 e. The summed E-state index contributed by atoms with van der Waals surface area (Å²) >= 11 is 3.45. The van der Waals surface area contributed by atoms with Crippen molar-refractivity contribution in [3.63, 3.8) is 0 Å². The molecule has 0 atom stereocenters. The number of ether oxygens (including phenoxy) is 1. The summed E-state index contributed by atoms with van der Waals surface area (Å²) in [6.45, 7) is 2.77. The summed E-state index contributed by atoms with van der Waals surface area (Å²) in [5.41, 5.74) is 1.14. The Kier molecular flexibility index (Phi) is 6.06. The van der Waals surface area contributed by atoms with E-state index in [2.05, 4.69) is 15.9 Å². The predicted molar refractivity (Wildman–Crippen MR) is 85.4 cm³/mol. The van der Waals surface area contributed by atoms with Gasteiger partial charge in [0.25, 0.3) is 5.91 Å². The molecule has 0 aliphatic heterocycles. The SMILES string of the molecule is Cc1ccc(OCC(=O)N(CCCO)C2CCC2)c(Br)c1. The third-order valence-corrected chi connectivity index (χ3v) is 4.45. The lowest BCUT2D eigenvalue weighted by Crippen LogP contribution is -2.46. The molecule has 0 radical (unpaired) electrons. The quantitative estimate of drug-likeness (QED) is 0.817. The van der Waals surface area contributed by atoms with Crippen LogP contribution in [0.4, 0.5) is 0 Å². The van der Waals surface area contributed by atoms with Crippen molar-refractivity contribution in [2.45, 2.75) is 38.6 Å². The molecule has 0 aromatic heterocycles. The molecule has 116 valence electrons. The monoisotopic (exact) mass is 355 g/mol. The molecule has 2 rings (SSSR count). The van der Waals surface area contributed by atoms with E-state index in [1.807, 2.05) is 30.0 Å². The number of hydrogen-bond acceptors (Lipinski definition) is 3. The van der Waals surface area contributed by atoms with Crippen LogP contribution in [0.1, 0.15) is 31.2 Å². The van der Waals surface area contributed by atoms with Crippen molar-refractivity contribution in [2.24, 2.45) is 0 Å². The van der Waals surface area contributed by atoms with Gasteiger partial charge in [-0.1, -0.05) is 6.07 Å². The molecular formula is C16H22BrNO3. The standard InChI is InChI=1S/C16H22BrNO3/c1-12-6-7-15(14(17)10-12)21-11-16(20)18(8-3-9-19)13-4-2-5-13/h6-7,10,13,19H,2-5,8-9,11H2,1H3. The second kappa shape index (κ2) is 7.80. The minimum absolute atomic E-state index is 0.000579. The number of aryl methyl sites for hydroxylation is 1. The normalized spacial score (nSPS) is 14.6. The molecule has 0 bridgehead atoms. The summed E-state index contributed by atoms with van der Waals surface area (Å²) in [6.07, 6.45) is 3.92. The molecule has 0 unspecified atom stereocenters. The van der Waals surface area contributed by atoms with E-state index in [9.17, 15) is 4.79 Å². The Morgan fingerprint density at radius 2 is 2.24 bits per heavy atom. The molecule has 4 nitrogen and oxygen atoms in total. The van der Waals surface area contributed by atoms with E-state index in [-0.39, 0.29) is 19.1 Å². The van der Waals surface area contributed by atoms with Gasteiger partial charge in [-0.2, -0.15) is 0 Å². The second-order valence-electron chi connectivity index (χ2n) is 5.47. The Morgan fingerprint density at radius 1 is 1.48 bits per heavy atom. The fraction of sp³-hybridized carbons (Fsp3) is 0.562. The molecule has 21 heavy (non-hydrogen) atoms. The molecule has 5 heteroatoms. The van der Waals surface area contributed by atoms with Gasteiger partial charge in [-0.15, -0.1) is 0 Å². The fourth-order valence-corrected chi connectivity index (χ4v) is 3.00. The highest BCUT2D eigenvalue weighted by atomic mass is 79.9. The number of rotatable bonds is 7. The number of aliphatic hydroxyl groups is 1. The molecular weight excluding hydrogens is 334 g/mol. The minimum Gasteiger partial charge on any atom is -0.483 e. The van der Waals surface area contributed by atoms with Crippen LogP contribution in [-0.2, 0) is 4.79 Å². The van der Waals surface area contributed by atoms with Gasteiger partial charge in [-0.05, 0) is 66.2 Å². The number of halogens is 1. The van der Waals surface area contributed by atoms with Gasteiger partial charge in [0, 0.05) is 19.2 Å². The van der Waals surface area contributed by atoms with Crippen LogP contribution in [0.3, 0.4) is 0 Å². The zero-order valence-electron chi connectivity index (χ0n) is 12.3.